The number of H-pyrrole nitrogens is 1. The largest absolute Gasteiger partial charge is 0.396 e. The van der Waals surface area contributed by atoms with Gasteiger partial charge in [0.1, 0.15) is 22.5 Å². The van der Waals surface area contributed by atoms with E-state index in [1.54, 1.807) is 13.0 Å². The van der Waals surface area contributed by atoms with Crippen LogP contribution in [0.5, 0.6) is 0 Å². The molecular weight excluding hydrogens is 531 g/mol. The first kappa shape index (κ1) is 21.2. The van der Waals surface area contributed by atoms with Gasteiger partial charge in [0.2, 0.25) is 10.0 Å². The molecule has 0 aliphatic heterocycles. The van der Waals surface area contributed by atoms with Crippen molar-refractivity contribution in [2.45, 2.75) is 30.9 Å². The summed E-state index contributed by atoms with van der Waals surface area (Å²) in [6.07, 6.45) is 0.825. The van der Waals surface area contributed by atoms with E-state index in [4.69, 9.17) is 0 Å². The molecule has 1 fully saturated rings. The average Bonchev–Trinajstić information content (AvgIpc) is 3.38. The van der Waals surface area contributed by atoms with Crippen LogP contribution in [0.1, 0.15) is 25.0 Å². The Bertz CT molecular complexity index is 1240. The number of aliphatic hydroxyl groups excluding tert-OH is 1. The van der Waals surface area contributed by atoms with Gasteiger partial charge in [-0.2, -0.15) is 5.10 Å². The molecule has 3 aromatic rings. The number of nitrogens with one attached hydrogen (secondary N) is 3. The summed E-state index contributed by atoms with van der Waals surface area (Å²) in [6.45, 7) is 1.33. The zero-order chi connectivity index (χ0) is 21.7. The number of aryl methyl sites for hydroxylation is 1. The number of halogens is 3. The van der Waals surface area contributed by atoms with Crippen LogP contribution in [0.4, 0.5) is 26.0 Å². The second-order valence-corrected chi connectivity index (χ2v) is 10.5. The van der Waals surface area contributed by atoms with Gasteiger partial charge in [0, 0.05) is 10.2 Å². The lowest BCUT2D eigenvalue weighted by atomic mass is 10.2. The van der Waals surface area contributed by atoms with Gasteiger partial charge in [0.15, 0.2) is 11.6 Å². The lowest BCUT2D eigenvalue weighted by molar-refractivity contribution is 0.283. The minimum atomic E-state index is -3.98. The highest BCUT2D eigenvalue weighted by Gasteiger charge is 2.54. The molecular formula is C18H18F2IN5O3S. The van der Waals surface area contributed by atoms with Crippen molar-refractivity contribution >= 4 is 60.8 Å². The molecule has 4 N–H and O–H groups in total. The van der Waals surface area contributed by atoms with Crippen molar-refractivity contribution in [1.82, 2.24) is 15.2 Å². The van der Waals surface area contributed by atoms with Gasteiger partial charge >= 0.3 is 0 Å². The van der Waals surface area contributed by atoms with E-state index >= 15 is 4.39 Å². The molecule has 1 aliphatic rings. The van der Waals surface area contributed by atoms with Crippen molar-refractivity contribution < 1.29 is 22.3 Å². The summed E-state index contributed by atoms with van der Waals surface area (Å²) in [5, 5.41) is 18.3. The first-order valence-corrected chi connectivity index (χ1v) is 11.6. The van der Waals surface area contributed by atoms with Gasteiger partial charge in [0.25, 0.3) is 0 Å². The van der Waals surface area contributed by atoms with Crippen molar-refractivity contribution in [3.8, 4) is 0 Å². The molecule has 1 aliphatic carbocycles. The van der Waals surface area contributed by atoms with Crippen LogP contribution in [0.3, 0.4) is 0 Å². The Morgan fingerprint density at radius 3 is 2.67 bits per heavy atom. The second kappa shape index (κ2) is 7.57. The predicted molar refractivity (Wildman–Crippen MR) is 117 cm³/mol. The molecule has 160 valence electrons. The maximum atomic E-state index is 15.3. The Morgan fingerprint density at radius 1 is 1.30 bits per heavy atom. The van der Waals surface area contributed by atoms with Crippen LogP contribution in [0.25, 0.3) is 11.0 Å². The zero-order valence-corrected chi connectivity index (χ0v) is 18.7. The molecule has 0 spiro atoms. The lowest BCUT2D eigenvalue weighted by Gasteiger charge is -2.19. The third kappa shape index (κ3) is 3.60. The Labute approximate surface area is 184 Å². The number of hydrogen-bond donors (Lipinski definition) is 4. The highest BCUT2D eigenvalue weighted by atomic mass is 127. The van der Waals surface area contributed by atoms with Crippen LogP contribution >= 0.6 is 22.6 Å². The minimum absolute atomic E-state index is 0.0420. The normalized spacial score (nSPS) is 15.4. The molecule has 4 rings (SSSR count). The van der Waals surface area contributed by atoms with Crippen LogP contribution in [0, 0.1) is 22.1 Å². The van der Waals surface area contributed by atoms with Gasteiger partial charge < -0.3 is 10.4 Å². The molecule has 0 bridgehead atoms. The molecule has 0 amide bonds. The number of aliphatic hydroxyl groups is 1. The number of pyridine rings is 1. The van der Waals surface area contributed by atoms with Gasteiger partial charge in [0.05, 0.1) is 16.1 Å². The monoisotopic (exact) mass is 549 g/mol. The van der Waals surface area contributed by atoms with Crippen LogP contribution in [0.2, 0.25) is 0 Å². The number of hydrogen-bond acceptors (Lipinski definition) is 6. The molecule has 2 heterocycles. The van der Waals surface area contributed by atoms with Gasteiger partial charge in [-0.25, -0.2) is 22.2 Å². The van der Waals surface area contributed by atoms with Gasteiger partial charge in [-0.3, -0.25) is 9.82 Å². The summed E-state index contributed by atoms with van der Waals surface area (Å²) in [7, 11) is -3.98. The second-order valence-electron chi connectivity index (χ2n) is 7.21. The van der Waals surface area contributed by atoms with Gasteiger partial charge in [-0.15, -0.1) is 0 Å². The van der Waals surface area contributed by atoms with Crippen molar-refractivity contribution in [2.75, 3.05) is 16.6 Å². The molecule has 0 atom stereocenters. The Morgan fingerprint density at radius 2 is 2.03 bits per heavy atom. The topological polar surface area (TPSA) is 120 Å². The van der Waals surface area contributed by atoms with Crippen molar-refractivity contribution in [3.63, 3.8) is 0 Å². The SMILES string of the molecule is Cc1[nH]nc2c(F)c(Nc3ccc(I)cc3F)c(NS(=O)(=O)C3(CCO)CC3)nc12. The van der Waals surface area contributed by atoms with E-state index in [1.165, 1.54) is 12.1 Å². The highest BCUT2D eigenvalue weighted by Crippen LogP contribution is 2.47. The number of benzene rings is 1. The first-order valence-electron chi connectivity index (χ1n) is 9.07. The fraction of sp³-hybridized carbons (Fsp3) is 0.333. The molecule has 30 heavy (non-hydrogen) atoms. The summed E-state index contributed by atoms with van der Waals surface area (Å²) in [5.41, 5.74) is 0.135. The summed E-state index contributed by atoms with van der Waals surface area (Å²) >= 11 is 1.94. The number of nitrogens with zero attached hydrogens (tertiary/aromatic N) is 2. The molecule has 8 nitrogen and oxygen atoms in total. The van der Waals surface area contributed by atoms with E-state index in [2.05, 4.69) is 25.2 Å². The lowest BCUT2D eigenvalue weighted by Crippen LogP contribution is -2.31. The third-order valence-electron chi connectivity index (χ3n) is 5.17. The van der Waals surface area contributed by atoms with Gasteiger partial charge in [-0.05, 0) is 67.0 Å². The quantitative estimate of drug-likeness (QED) is 0.335. The van der Waals surface area contributed by atoms with Crippen molar-refractivity contribution in [3.05, 3.63) is 39.1 Å². The number of aromatic nitrogens is 3. The van der Waals surface area contributed by atoms with Crippen molar-refractivity contribution in [1.29, 1.82) is 0 Å². The molecule has 12 heteroatoms. The number of fused-ring (bicyclic) bond motifs is 1. The van der Waals surface area contributed by atoms with E-state index in [0.717, 1.165) is 0 Å². The Balaban J connectivity index is 1.83. The van der Waals surface area contributed by atoms with Crippen molar-refractivity contribution in [2.24, 2.45) is 0 Å². The number of rotatable bonds is 7. The standard InChI is InChI=1S/C18H18F2IN5O3S/c1-9-14-15(25-24-9)13(20)16(22-12-3-2-10(21)8-11(12)19)17(23-14)26-30(28,29)18(4-5-18)6-7-27/h2-3,8,22,27H,4-7H2,1H3,(H,23,26)(H,24,25). The smallest absolute Gasteiger partial charge is 0.239 e. The van der Waals surface area contributed by atoms with Crippen LogP contribution in [-0.4, -0.2) is 40.1 Å². The molecule has 0 saturated heterocycles. The molecule has 0 radical (unpaired) electrons. The van der Waals surface area contributed by atoms with E-state index in [-0.39, 0.29) is 41.3 Å². The summed E-state index contributed by atoms with van der Waals surface area (Å²) in [5.74, 6) is -1.80. The number of aromatic amines is 1. The van der Waals surface area contributed by atoms with Crippen LogP contribution in [0.15, 0.2) is 18.2 Å². The Kier molecular flexibility index (Phi) is 5.34. The fourth-order valence-corrected chi connectivity index (χ4v) is 5.32. The van der Waals surface area contributed by atoms with E-state index < -0.39 is 26.4 Å². The molecule has 2 aromatic heterocycles. The maximum absolute atomic E-state index is 15.3. The molecule has 0 unspecified atom stereocenters. The first-order chi connectivity index (χ1) is 14.2. The predicted octanol–water partition coefficient (Wildman–Crippen LogP) is 3.55. The minimum Gasteiger partial charge on any atom is -0.396 e. The van der Waals surface area contributed by atoms with Crippen LogP contribution in [-0.2, 0) is 10.0 Å². The maximum Gasteiger partial charge on any atom is 0.239 e. The van der Waals surface area contributed by atoms with Crippen LogP contribution < -0.4 is 10.0 Å². The summed E-state index contributed by atoms with van der Waals surface area (Å²) < 4.78 is 57.4. The number of sulfonamides is 1. The zero-order valence-electron chi connectivity index (χ0n) is 15.8. The van der Waals surface area contributed by atoms with Gasteiger partial charge in [-0.1, -0.05) is 0 Å². The average molecular weight is 549 g/mol. The molecule has 1 saturated carbocycles. The third-order valence-corrected chi connectivity index (χ3v) is 8.06. The highest BCUT2D eigenvalue weighted by molar-refractivity contribution is 14.1. The summed E-state index contributed by atoms with van der Waals surface area (Å²) in [6, 6.07) is 4.30. The Hall–Kier alpha value is -2.06. The van der Waals surface area contributed by atoms with E-state index in [9.17, 15) is 17.9 Å². The molecule has 1 aromatic carbocycles. The summed E-state index contributed by atoms with van der Waals surface area (Å²) in [4.78, 5) is 4.25. The van der Waals surface area contributed by atoms with E-state index in [0.29, 0.717) is 22.1 Å². The van der Waals surface area contributed by atoms with E-state index in [1.807, 2.05) is 22.6 Å². The fourth-order valence-electron chi connectivity index (χ4n) is 3.25. The number of anilines is 3.